The average molecular weight is 174 g/mol. The summed E-state index contributed by atoms with van der Waals surface area (Å²) in [5.41, 5.74) is 0. The average Bonchev–Trinajstić information content (AvgIpc) is 1.94. The molecule has 10 heavy (non-hydrogen) atoms. The van der Waals surface area contributed by atoms with Crippen LogP contribution in [0.1, 0.15) is 0 Å². The van der Waals surface area contributed by atoms with E-state index < -0.39 is 0 Å². The molecule has 1 rings (SSSR count). The Bertz CT molecular complexity index is 241. The number of nitrogens with zero attached hydrogens (tertiary/aromatic N) is 1. The summed E-state index contributed by atoms with van der Waals surface area (Å²) >= 11 is 6.52. The van der Waals surface area contributed by atoms with Crippen LogP contribution in [0.5, 0.6) is 0 Å². The van der Waals surface area contributed by atoms with Gasteiger partial charge in [0.1, 0.15) is 0 Å². The molecule has 0 amide bonds. The molecule has 0 aliphatic rings. The molecule has 0 fully saturated rings. The lowest BCUT2D eigenvalue weighted by Gasteiger charge is -1.93. The van der Waals surface area contributed by atoms with Crippen LogP contribution >= 0.6 is 23.5 Å². The summed E-state index contributed by atoms with van der Waals surface area (Å²) in [6.45, 7) is 0. The van der Waals surface area contributed by atoms with Crippen molar-refractivity contribution in [3.05, 3.63) is 34.2 Å². The summed E-state index contributed by atoms with van der Waals surface area (Å²) in [5.74, 6) is 0. The molecule has 4 heteroatoms. The van der Waals surface area contributed by atoms with Crippen molar-refractivity contribution in [3.8, 4) is 0 Å². The molecule has 0 bridgehead atoms. The van der Waals surface area contributed by atoms with Gasteiger partial charge in [0.05, 0.1) is 21.9 Å². The highest BCUT2D eigenvalue weighted by molar-refractivity contribution is 7.98. The van der Waals surface area contributed by atoms with E-state index in [1.165, 1.54) is 0 Å². The minimum Gasteiger partial charge on any atom is -0.137 e. The highest BCUT2D eigenvalue weighted by atomic mass is 35.5. The van der Waals surface area contributed by atoms with Crippen molar-refractivity contribution >= 4 is 23.5 Å². The van der Waals surface area contributed by atoms with E-state index in [9.17, 15) is 4.91 Å². The number of benzene rings is 1. The fraction of sp³-hybridized carbons (Fsp3) is 0. The van der Waals surface area contributed by atoms with Gasteiger partial charge in [0.2, 0.25) is 0 Å². The van der Waals surface area contributed by atoms with E-state index in [2.05, 4.69) is 4.58 Å². The van der Waals surface area contributed by atoms with Gasteiger partial charge in [0, 0.05) is 4.58 Å². The largest absolute Gasteiger partial charge is 0.137 e. The van der Waals surface area contributed by atoms with E-state index in [1.807, 2.05) is 0 Å². The van der Waals surface area contributed by atoms with Gasteiger partial charge in [-0.25, -0.2) is 0 Å². The summed E-state index contributed by atoms with van der Waals surface area (Å²) in [7, 11) is 0. The predicted molar refractivity (Wildman–Crippen MR) is 43.1 cm³/mol. The van der Waals surface area contributed by atoms with E-state index in [0.29, 0.717) is 9.92 Å². The van der Waals surface area contributed by atoms with Crippen LogP contribution < -0.4 is 0 Å². The number of halogens is 1. The van der Waals surface area contributed by atoms with Gasteiger partial charge in [-0.05, 0) is 12.1 Å². The summed E-state index contributed by atoms with van der Waals surface area (Å²) in [6.07, 6.45) is 0. The van der Waals surface area contributed by atoms with Crippen molar-refractivity contribution < 1.29 is 0 Å². The minimum absolute atomic E-state index is 0.562. The second kappa shape index (κ2) is 3.58. The van der Waals surface area contributed by atoms with Crippen LogP contribution in [-0.2, 0) is 0 Å². The lowest BCUT2D eigenvalue weighted by molar-refractivity contribution is 1.46. The molecule has 0 N–H and O–H groups in total. The predicted octanol–water partition coefficient (Wildman–Crippen LogP) is 3.11. The van der Waals surface area contributed by atoms with E-state index in [1.54, 1.807) is 24.3 Å². The van der Waals surface area contributed by atoms with E-state index in [4.69, 9.17) is 11.6 Å². The summed E-state index contributed by atoms with van der Waals surface area (Å²) in [5, 5.41) is 0.562. The SMILES string of the molecule is O=NSc1ccccc1Cl. The van der Waals surface area contributed by atoms with Crippen LogP contribution in [0.15, 0.2) is 33.7 Å². The number of rotatable bonds is 2. The maximum Gasteiger partial charge on any atom is 0.0586 e. The molecule has 52 valence electrons. The van der Waals surface area contributed by atoms with Gasteiger partial charge in [0.25, 0.3) is 0 Å². The maximum absolute atomic E-state index is 9.78. The number of hydrogen-bond donors (Lipinski definition) is 0. The van der Waals surface area contributed by atoms with Crippen molar-refractivity contribution in [1.82, 2.24) is 0 Å². The van der Waals surface area contributed by atoms with Gasteiger partial charge < -0.3 is 0 Å². The summed E-state index contributed by atoms with van der Waals surface area (Å²) in [4.78, 5) is 10.5. The molecule has 1 aromatic carbocycles. The molecule has 1 aromatic rings. The lowest BCUT2D eigenvalue weighted by atomic mass is 10.4. The molecule has 2 nitrogen and oxygen atoms in total. The normalized spacial score (nSPS) is 9.30. The molecule has 0 aromatic heterocycles. The highest BCUT2D eigenvalue weighted by Gasteiger charge is 1.97. The van der Waals surface area contributed by atoms with Crippen molar-refractivity contribution in [2.45, 2.75) is 4.90 Å². The van der Waals surface area contributed by atoms with Gasteiger partial charge in [-0.1, -0.05) is 23.7 Å². The topological polar surface area (TPSA) is 29.4 Å². The number of nitroso groups, excluding NO2 is 1. The van der Waals surface area contributed by atoms with Crippen molar-refractivity contribution in [3.63, 3.8) is 0 Å². The standard InChI is InChI=1S/C6H4ClNOS/c7-5-3-1-2-4-6(5)10-8-9/h1-4H. The van der Waals surface area contributed by atoms with E-state index in [-0.39, 0.29) is 0 Å². The first-order valence-electron chi connectivity index (χ1n) is 2.59. The highest BCUT2D eigenvalue weighted by Crippen LogP contribution is 2.26. The van der Waals surface area contributed by atoms with Gasteiger partial charge in [0.15, 0.2) is 0 Å². The molecule has 0 aliphatic heterocycles. The minimum atomic E-state index is 0.562. The molecule has 0 spiro atoms. The Morgan fingerprint density at radius 1 is 1.40 bits per heavy atom. The monoisotopic (exact) mass is 173 g/mol. The Morgan fingerprint density at radius 2 is 2.10 bits per heavy atom. The third-order valence-corrected chi connectivity index (χ3v) is 2.04. The van der Waals surface area contributed by atoms with Crippen molar-refractivity contribution in [2.75, 3.05) is 0 Å². The summed E-state index contributed by atoms with van der Waals surface area (Å²) < 4.78 is 2.65. The Balaban J connectivity index is 2.91. The Labute approximate surface area is 67.7 Å². The molecule has 0 saturated heterocycles. The Hall–Kier alpha value is -0.540. The van der Waals surface area contributed by atoms with Gasteiger partial charge in [-0.15, -0.1) is 4.91 Å². The summed E-state index contributed by atoms with van der Waals surface area (Å²) in [6, 6.07) is 7.07. The van der Waals surface area contributed by atoms with Crippen LogP contribution in [-0.4, -0.2) is 0 Å². The fourth-order valence-corrected chi connectivity index (χ4v) is 1.17. The van der Waals surface area contributed by atoms with Crippen molar-refractivity contribution in [1.29, 1.82) is 0 Å². The maximum atomic E-state index is 9.78. The van der Waals surface area contributed by atoms with Crippen molar-refractivity contribution in [2.24, 2.45) is 4.58 Å². The third kappa shape index (κ3) is 1.72. The molecule has 0 radical (unpaired) electrons. The molecule has 0 heterocycles. The first kappa shape index (κ1) is 7.57. The Morgan fingerprint density at radius 3 is 2.70 bits per heavy atom. The quantitative estimate of drug-likeness (QED) is 0.508. The zero-order valence-electron chi connectivity index (χ0n) is 4.95. The van der Waals surface area contributed by atoms with Crippen LogP contribution in [0.3, 0.4) is 0 Å². The fourth-order valence-electron chi connectivity index (χ4n) is 0.559. The first-order chi connectivity index (χ1) is 4.84. The van der Waals surface area contributed by atoms with Crippen LogP contribution in [0, 0.1) is 4.91 Å². The van der Waals surface area contributed by atoms with Crippen LogP contribution in [0.25, 0.3) is 0 Å². The molecule has 0 atom stereocenters. The second-order valence-corrected chi connectivity index (χ2v) is 2.77. The van der Waals surface area contributed by atoms with Crippen LogP contribution in [0.4, 0.5) is 0 Å². The van der Waals surface area contributed by atoms with Crippen LogP contribution in [0.2, 0.25) is 5.02 Å². The van der Waals surface area contributed by atoms with Gasteiger partial charge in [-0.3, -0.25) is 0 Å². The third-order valence-electron chi connectivity index (χ3n) is 0.972. The zero-order chi connectivity index (χ0) is 7.40. The van der Waals surface area contributed by atoms with E-state index in [0.717, 1.165) is 11.9 Å². The molecule has 0 aliphatic carbocycles. The Kier molecular flexibility index (Phi) is 2.71. The molecule has 0 saturated carbocycles. The molecular weight excluding hydrogens is 170 g/mol. The zero-order valence-corrected chi connectivity index (χ0v) is 6.52. The van der Waals surface area contributed by atoms with Gasteiger partial charge in [-0.2, -0.15) is 0 Å². The van der Waals surface area contributed by atoms with Gasteiger partial charge >= 0.3 is 0 Å². The second-order valence-electron chi connectivity index (χ2n) is 1.60. The smallest absolute Gasteiger partial charge is 0.0586 e. The molecule has 0 unspecified atom stereocenters. The van der Waals surface area contributed by atoms with E-state index >= 15 is 0 Å². The first-order valence-corrected chi connectivity index (χ1v) is 3.74. The lowest BCUT2D eigenvalue weighted by Crippen LogP contribution is -1.68. The molecular formula is C6H4ClNOS. The number of hydrogen-bond acceptors (Lipinski definition) is 3.